The van der Waals surface area contributed by atoms with Crippen LogP contribution in [0.5, 0.6) is 5.75 Å². The molecular weight excluding hydrogens is 234 g/mol. The van der Waals surface area contributed by atoms with E-state index in [1.807, 2.05) is 12.1 Å². The predicted octanol–water partition coefficient (Wildman–Crippen LogP) is 3.29. The maximum Gasteiger partial charge on any atom is 0.115 e. The van der Waals surface area contributed by atoms with Gasteiger partial charge in [-0.1, -0.05) is 41.5 Å². The molecular formula is C17H21NO. The van der Waals surface area contributed by atoms with Crippen LogP contribution in [0.1, 0.15) is 28.2 Å². The second kappa shape index (κ2) is 5.89. The first kappa shape index (κ1) is 13.6. The van der Waals surface area contributed by atoms with Crippen molar-refractivity contribution >= 4 is 0 Å². The fourth-order valence-electron chi connectivity index (χ4n) is 2.56. The second-order valence-corrected chi connectivity index (χ2v) is 5.22. The molecule has 0 amide bonds. The average Bonchev–Trinajstić information content (AvgIpc) is 2.36. The Morgan fingerprint density at radius 2 is 1.58 bits per heavy atom. The molecule has 19 heavy (non-hydrogen) atoms. The third-order valence-corrected chi connectivity index (χ3v) is 3.41. The summed E-state index contributed by atoms with van der Waals surface area (Å²) in [5.41, 5.74) is 11.0. The van der Waals surface area contributed by atoms with Gasteiger partial charge >= 0.3 is 0 Å². The number of hydrogen-bond acceptors (Lipinski definition) is 2. The summed E-state index contributed by atoms with van der Waals surface area (Å²) in [5.74, 6) is 0.590. The van der Waals surface area contributed by atoms with Gasteiger partial charge < -0.3 is 10.8 Å². The molecule has 0 spiro atoms. The lowest BCUT2D eigenvalue weighted by atomic mass is 9.91. The van der Waals surface area contributed by atoms with Crippen molar-refractivity contribution in [1.29, 1.82) is 0 Å². The highest BCUT2D eigenvalue weighted by molar-refractivity contribution is 5.33. The van der Waals surface area contributed by atoms with Crippen molar-refractivity contribution < 1.29 is 5.11 Å². The topological polar surface area (TPSA) is 46.2 Å². The molecule has 0 aliphatic rings. The maximum atomic E-state index is 9.34. The Morgan fingerprint density at radius 1 is 1.00 bits per heavy atom. The molecule has 0 fully saturated rings. The van der Waals surface area contributed by atoms with Crippen LogP contribution >= 0.6 is 0 Å². The van der Waals surface area contributed by atoms with Crippen LogP contribution in [-0.2, 0) is 6.42 Å². The van der Waals surface area contributed by atoms with Gasteiger partial charge in [-0.15, -0.1) is 0 Å². The molecule has 1 unspecified atom stereocenters. The Hall–Kier alpha value is -1.80. The smallest absolute Gasteiger partial charge is 0.115 e. The fraction of sp³-hybridized carbons (Fsp3) is 0.294. The van der Waals surface area contributed by atoms with Crippen molar-refractivity contribution in [2.24, 2.45) is 5.73 Å². The van der Waals surface area contributed by atoms with Gasteiger partial charge in [0.25, 0.3) is 0 Å². The largest absolute Gasteiger partial charge is 0.508 e. The quantitative estimate of drug-likeness (QED) is 0.880. The van der Waals surface area contributed by atoms with E-state index in [2.05, 4.69) is 32.0 Å². The standard InChI is InChI=1S/C17H21NO/c1-12-7-13(2)9-14(8-12)10-16(11-18)15-3-5-17(19)6-4-15/h3-9,16,19H,10-11,18H2,1-2H3. The summed E-state index contributed by atoms with van der Waals surface area (Å²) in [6.45, 7) is 4.85. The molecule has 2 aromatic carbocycles. The Morgan fingerprint density at radius 3 is 2.11 bits per heavy atom. The van der Waals surface area contributed by atoms with Gasteiger partial charge in [0.15, 0.2) is 0 Å². The van der Waals surface area contributed by atoms with Crippen LogP contribution in [0.2, 0.25) is 0 Å². The van der Waals surface area contributed by atoms with Crippen molar-refractivity contribution in [2.45, 2.75) is 26.2 Å². The molecule has 0 bridgehead atoms. The SMILES string of the molecule is Cc1cc(C)cc(CC(CN)c2ccc(O)cc2)c1. The molecule has 0 radical (unpaired) electrons. The highest BCUT2D eigenvalue weighted by atomic mass is 16.3. The minimum absolute atomic E-state index is 0.293. The summed E-state index contributed by atoms with van der Waals surface area (Å²) in [6, 6.07) is 14.0. The van der Waals surface area contributed by atoms with Crippen molar-refractivity contribution in [3.05, 3.63) is 64.7 Å². The highest BCUT2D eigenvalue weighted by Crippen LogP contribution is 2.23. The molecule has 2 nitrogen and oxygen atoms in total. The van der Waals surface area contributed by atoms with E-state index in [0.29, 0.717) is 18.2 Å². The molecule has 1 atom stereocenters. The van der Waals surface area contributed by atoms with Crippen LogP contribution < -0.4 is 5.73 Å². The summed E-state index contributed by atoms with van der Waals surface area (Å²) in [7, 11) is 0. The van der Waals surface area contributed by atoms with Crippen molar-refractivity contribution in [3.8, 4) is 5.75 Å². The van der Waals surface area contributed by atoms with E-state index in [1.165, 1.54) is 22.3 Å². The Bertz CT molecular complexity index is 525. The molecule has 0 aromatic heterocycles. The Kier molecular flexibility index (Phi) is 4.23. The van der Waals surface area contributed by atoms with Crippen LogP contribution in [0, 0.1) is 13.8 Å². The third-order valence-electron chi connectivity index (χ3n) is 3.41. The summed E-state index contributed by atoms with van der Waals surface area (Å²) in [6.07, 6.45) is 0.934. The second-order valence-electron chi connectivity index (χ2n) is 5.22. The van der Waals surface area contributed by atoms with Crippen LogP contribution in [0.4, 0.5) is 0 Å². The first-order valence-electron chi connectivity index (χ1n) is 6.64. The number of nitrogens with two attached hydrogens (primary N) is 1. The molecule has 2 aromatic rings. The minimum Gasteiger partial charge on any atom is -0.508 e. The number of aryl methyl sites for hydroxylation is 2. The van der Waals surface area contributed by atoms with Gasteiger partial charge in [-0.05, 0) is 50.1 Å². The Labute approximate surface area is 114 Å². The van der Waals surface area contributed by atoms with E-state index in [1.54, 1.807) is 12.1 Å². The molecule has 0 heterocycles. The molecule has 0 aliphatic heterocycles. The van der Waals surface area contributed by atoms with Crippen LogP contribution in [0.15, 0.2) is 42.5 Å². The molecule has 3 N–H and O–H groups in total. The molecule has 0 saturated carbocycles. The number of phenols is 1. The van der Waals surface area contributed by atoms with E-state index in [0.717, 1.165) is 6.42 Å². The van der Waals surface area contributed by atoms with E-state index in [4.69, 9.17) is 5.73 Å². The lowest BCUT2D eigenvalue weighted by Crippen LogP contribution is -2.15. The zero-order valence-electron chi connectivity index (χ0n) is 11.6. The fourth-order valence-corrected chi connectivity index (χ4v) is 2.56. The summed E-state index contributed by atoms with van der Waals surface area (Å²) in [5, 5.41) is 9.34. The van der Waals surface area contributed by atoms with Crippen molar-refractivity contribution in [2.75, 3.05) is 6.54 Å². The van der Waals surface area contributed by atoms with Gasteiger partial charge in [0.05, 0.1) is 0 Å². The maximum absolute atomic E-state index is 9.34. The number of aromatic hydroxyl groups is 1. The van der Waals surface area contributed by atoms with E-state index >= 15 is 0 Å². The van der Waals surface area contributed by atoms with Crippen LogP contribution in [-0.4, -0.2) is 11.7 Å². The molecule has 0 saturated heterocycles. The number of rotatable bonds is 4. The summed E-state index contributed by atoms with van der Waals surface area (Å²) >= 11 is 0. The zero-order valence-corrected chi connectivity index (χ0v) is 11.6. The van der Waals surface area contributed by atoms with Crippen LogP contribution in [0.25, 0.3) is 0 Å². The molecule has 2 rings (SSSR count). The minimum atomic E-state index is 0.293. The lowest BCUT2D eigenvalue weighted by molar-refractivity contribution is 0.475. The summed E-state index contributed by atoms with van der Waals surface area (Å²) in [4.78, 5) is 0. The van der Waals surface area contributed by atoms with Gasteiger partial charge in [-0.2, -0.15) is 0 Å². The van der Waals surface area contributed by atoms with E-state index in [9.17, 15) is 5.11 Å². The number of hydrogen-bond donors (Lipinski definition) is 2. The highest BCUT2D eigenvalue weighted by Gasteiger charge is 2.11. The van der Waals surface area contributed by atoms with E-state index in [-0.39, 0.29) is 0 Å². The van der Waals surface area contributed by atoms with Crippen LogP contribution in [0.3, 0.4) is 0 Å². The number of phenolic OH excluding ortho intramolecular Hbond substituents is 1. The monoisotopic (exact) mass is 255 g/mol. The lowest BCUT2D eigenvalue weighted by Gasteiger charge is -2.16. The van der Waals surface area contributed by atoms with Gasteiger partial charge in [-0.3, -0.25) is 0 Å². The molecule has 0 aliphatic carbocycles. The zero-order chi connectivity index (χ0) is 13.8. The predicted molar refractivity (Wildman–Crippen MR) is 79.5 cm³/mol. The summed E-state index contributed by atoms with van der Waals surface area (Å²) < 4.78 is 0. The number of benzene rings is 2. The normalized spacial score (nSPS) is 12.4. The first-order chi connectivity index (χ1) is 9.08. The van der Waals surface area contributed by atoms with Gasteiger partial charge in [0, 0.05) is 5.92 Å². The Balaban J connectivity index is 2.21. The van der Waals surface area contributed by atoms with Gasteiger partial charge in [0.2, 0.25) is 0 Å². The molecule has 100 valence electrons. The average molecular weight is 255 g/mol. The molecule has 2 heteroatoms. The third kappa shape index (κ3) is 3.58. The van der Waals surface area contributed by atoms with E-state index < -0.39 is 0 Å². The van der Waals surface area contributed by atoms with Crippen molar-refractivity contribution in [3.63, 3.8) is 0 Å². The van der Waals surface area contributed by atoms with Gasteiger partial charge in [0.1, 0.15) is 5.75 Å². The first-order valence-corrected chi connectivity index (χ1v) is 6.64. The van der Waals surface area contributed by atoms with Crippen molar-refractivity contribution in [1.82, 2.24) is 0 Å². The van der Waals surface area contributed by atoms with Gasteiger partial charge in [-0.25, -0.2) is 0 Å².